The van der Waals surface area contributed by atoms with Gasteiger partial charge in [0.1, 0.15) is 0 Å². The van der Waals surface area contributed by atoms with Crippen LogP contribution in [-0.4, -0.2) is 54.0 Å². The van der Waals surface area contributed by atoms with Crippen LogP contribution >= 0.6 is 0 Å². The number of furan rings is 1. The van der Waals surface area contributed by atoms with Gasteiger partial charge in [-0.25, -0.2) is 18.4 Å². The minimum absolute atomic E-state index is 0.0969. The highest BCUT2D eigenvalue weighted by Gasteiger charge is 2.31. The van der Waals surface area contributed by atoms with E-state index in [1.807, 2.05) is 18.7 Å². The Morgan fingerprint density at radius 2 is 1.82 bits per heavy atom. The maximum atomic E-state index is 13.1. The van der Waals surface area contributed by atoms with E-state index in [1.54, 1.807) is 24.5 Å². The fourth-order valence-corrected chi connectivity index (χ4v) is 4.52. The van der Waals surface area contributed by atoms with Gasteiger partial charge in [0.2, 0.25) is 16.8 Å². The average molecular weight is 403 g/mol. The summed E-state index contributed by atoms with van der Waals surface area (Å²) >= 11 is 0. The minimum Gasteiger partial charge on any atom is -0.440 e. The van der Waals surface area contributed by atoms with E-state index in [9.17, 15) is 8.42 Å². The average Bonchev–Trinajstić information content (AvgIpc) is 3.22. The van der Waals surface area contributed by atoms with Crippen molar-refractivity contribution in [1.29, 1.82) is 0 Å². The van der Waals surface area contributed by atoms with Crippen molar-refractivity contribution in [1.82, 2.24) is 19.4 Å². The third-order valence-electron chi connectivity index (χ3n) is 4.85. The van der Waals surface area contributed by atoms with Crippen molar-refractivity contribution in [2.45, 2.75) is 25.4 Å². The highest BCUT2D eigenvalue weighted by atomic mass is 32.2. The molecule has 4 rings (SSSR count). The van der Waals surface area contributed by atoms with Gasteiger partial charge in [0, 0.05) is 44.1 Å². The molecular formula is C18H21N5O4S. The third-order valence-corrected chi connectivity index (χ3v) is 6.62. The van der Waals surface area contributed by atoms with Gasteiger partial charge in [-0.2, -0.15) is 4.31 Å². The molecule has 0 amide bonds. The molecule has 1 aliphatic rings. The monoisotopic (exact) mass is 403 g/mol. The van der Waals surface area contributed by atoms with Gasteiger partial charge >= 0.3 is 0 Å². The Hall–Kier alpha value is -2.72. The summed E-state index contributed by atoms with van der Waals surface area (Å²) in [5.74, 6) is 1.41. The van der Waals surface area contributed by atoms with Crippen molar-refractivity contribution in [2.75, 3.05) is 31.1 Å². The van der Waals surface area contributed by atoms with Crippen LogP contribution in [0.15, 0.2) is 44.6 Å². The summed E-state index contributed by atoms with van der Waals surface area (Å²) in [6.45, 7) is 5.61. The normalized spacial score (nSPS) is 16.3. The number of aryl methyl sites for hydroxylation is 1. The molecule has 0 N–H and O–H groups in total. The smallest absolute Gasteiger partial charge is 0.276 e. The molecule has 1 fully saturated rings. The first-order valence-electron chi connectivity index (χ1n) is 9.02. The molecule has 0 unspecified atom stereocenters. The van der Waals surface area contributed by atoms with Crippen molar-refractivity contribution in [2.24, 2.45) is 0 Å². The summed E-state index contributed by atoms with van der Waals surface area (Å²) in [5, 5.41) is 3.79. The van der Waals surface area contributed by atoms with Gasteiger partial charge in [0.15, 0.2) is 5.76 Å². The first-order valence-corrected chi connectivity index (χ1v) is 10.5. The lowest BCUT2D eigenvalue weighted by Crippen LogP contribution is -2.35. The van der Waals surface area contributed by atoms with Crippen LogP contribution in [0.5, 0.6) is 0 Å². The first-order chi connectivity index (χ1) is 13.5. The fourth-order valence-electron chi connectivity index (χ4n) is 3.14. The predicted molar refractivity (Wildman–Crippen MR) is 101 cm³/mol. The lowest BCUT2D eigenvalue weighted by molar-refractivity contribution is 0.379. The molecule has 1 saturated heterocycles. The van der Waals surface area contributed by atoms with Crippen molar-refractivity contribution in [3.05, 3.63) is 41.9 Å². The molecule has 0 bridgehead atoms. The van der Waals surface area contributed by atoms with E-state index in [0.29, 0.717) is 50.1 Å². The maximum absolute atomic E-state index is 13.1. The van der Waals surface area contributed by atoms with Gasteiger partial charge in [-0.15, -0.1) is 0 Å². The molecule has 10 heteroatoms. The molecule has 28 heavy (non-hydrogen) atoms. The Bertz CT molecular complexity index is 1060. The Kier molecular flexibility index (Phi) is 4.90. The lowest BCUT2D eigenvalue weighted by Gasteiger charge is -2.20. The van der Waals surface area contributed by atoms with E-state index in [-0.39, 0.29) is 5.09 Å². The van der Waals surface area contributed by atoms with Gasteiger partial charge in [0.05, 0.1) is 5.69 Å². The van der Waals surface area contributed by atoms with Gasteiger partial charge in [-0.3, -0.25) is 0 Å². The number of anilines is 1. The van der Waals surface area contributed by atoms with Gasteiger partial charge in [0.25, 0.3) is 10.0 Å². The zero-order chi connectivity index (χ0) is 19.7. The van der Waals surface area contributed by atoms with Crippen LogP contribution in [-0.2, 0) is 10.0 Å². The van der Waals surface area contributed by atoms with Crippen molar-refractivity contribution >= 4 is 16.0 Å². The van der Waals surface area contributed by atoms with E-state index in [0.717, 1.165) is 11.3 Å². The second-order valence-corrected chi connectivity index (χ2v) is 8.50. The van der Waals surface area contributed by atoms with Gasteiger partial charge < -0.3 is 13.8 Å². The van der Waals surface area contributed by atoms with Crippen molar-refractivity contribution in [3.8, 4) is 11.5 Å². The molecule has 9 nitrogen and oxygen atoms in total. The van der Waals surface area contributed by atoms with Crippen LogP contribution in [0.4, 0.5) is 5.95 Å². The Morgan fingerprint density at radius 1 is 1.04 bits per heavy atom. The van der Waals surface area contributed by atoms with E-state index < -0.39 is 10.0 Å². The predicted octanol–water partition coefficient (Wildman–Crippen LogP) is 2.24. The second-order valence-electron chi connectivity index (χ2n) is 6.63. The molecule has 0 aliphatic carbocycles. The molecule has 0 spiro atoms. The van der Waals surface area contributed by atoms with E-state index in [2.05, 4.69) is 15.1 Å². The fraction of sp³-hybridized carbons (Fsp3) is 0.389. The number of aromatic nitrogens is 3. The van der Waals surface area contributed by atoms with Gasteiger partial charge in [-0.05, 0) is 38.5 Å². The Balaban J connectivity index is 1.53. The van der Waals surface area contributed by atoms with Crippen LogP contribution < -0.4 is 4.90 Å². The number of nitrogens with zero attached hydrogens (tertiary/aromatic N) is 5. The number of sulfonamides is 1. The molecule has 0 aromatic carbocycles. The standard InChI is InChI=1S/C18H21N5O4S/c1-13-14(2)21-27-17(13)15-5-6-16(26-15)28(24,25)23-10-4-9-22(11-12-23)18-19-7-3-8-20-18/h3,5-8H,4,9-12H2,1-2H3. The molecule has 4 heterocycles. The van der Waals surface area contributed by atoms with E-state index >= 15 is 0 Å². The van der Waals surface area contributed by atoms with Crippen molar-refractivity contribution < 1.29 is 17.4 Å². The van der Waals surface area contributed by atoms with Crippen LogP contribution in [0.2, 0.25) is 0 Å². The SMILES string of the molecule is Cc1noc(-c2ccc(S(=O)(=O)N3CCCN(c4ncccn4)CC3)o2)c1C. The van der Waals surface area contributed by atoms with Crippen LogP contribution in [0.25, 0.3) is 11.5 Å². The molecule has 3 aromatic rings. The third kappa shape index (κ3) is 3.40. The first kappa shape index (κ1) is 18.6. The van der Waals surface area contributed by atoms with Crippen LogP contribution in [0, 0.1) is 13.8 Å². The van der Waals surface area contributed by atoms with Gasteiger partial charge in [-0.1, -0.05) is 5.16 Å². The lowest BCUT2D eigenvalue weighted by atomic mass is 10.2. The molecule has 3 aromatic heterocycles. The molecule has 0 saturated carbocycles. The quantitative estimate of drug-likeness (QED) is 0.653. The van der Waals surface area contributed by atoms with E-state index in [4.69, 9.17) is 8.94 Å². The summed E-state index contributed by atoms with van der Waals surface area (Å²) < 4.78 is 38.4. The minimum atomic E-state index is -3.75. The Labute approximate surface area is 163 Å². The highest BCUT2D eigenvalue weighted by molar-refractivity contribution is 7.89. The van der Waals surface area contributed by atoms with Crippen molar-refractivity contribution in [3.63, 3.8) is 0 Å². The largest absolute Gasteiger partial charge is 0.440 e. The molecular weight excluding hydrogens is 382 g/mol. The summed E-state index contributed by atoms with van der Waals surface area (Å²) in [6.07, 6.45) is 4.03. The molecule has 0 radical (unpaired) electrons. The molecule has 0 atom stereocenters. The van der Waals surface area contributed by atoms with Crippen LogP contribution in [0.3, 0.4) is 0 Å². The number of hydrogen-bond acceptors (Lipinski definition) is 8. The zero-order valence-electron chi connectivity index (χ0n) is 15.7. The van der Waals surface area contributed by atoms with E-state index in [1.165, 1.54) is 10.4 Å². The highest BCUT2D eigenvalue weighted by Crippen LogP contribution is 2.30. The summed E-state index contributed by atoms with van der Waals surface area (Å²) in [7, 11) is -3.75. The summed E-state index contributed by atoms with van der Waals surface area (Å²) in [5.41, 5.74) is 1.57. The zero-order valence-corrected chi connectivity index (χ0v) is 16.5. The molecule has 1 aliphatic heterocycles. The second kappa shape index (κ2) is 7.36. The van der Waals surface area contributed by atoms with Crippen LogP contribution in [0.1, 0.15) is 17.7 Å². The topological polar surface area (TPSA) is 106 Å². The maximum Gasteiger partial charge on any atom is 0.276 e. The Morgan fingerprint density at radius 3 is 2.54 bits per heavy atom. The molecule has 148 valence electrons. The summed E-state index contributed by atoms with van der Waals surface area (Å²) in [6, 6.07) is 4.82. The number of rotatable bonds is 4. The number of hydrogen-bond donors (Lipinski definition) is 0. The summed E-state index contributed by atoms with van der Waals surface area (Å²) in [4.78, 5) is 10.5.